The fourth-order valence-corrected chi connectivity index (χ4v) is 7.04. The summed E-state index contributed by atoms with van der Waals surface area (Å²) in [4.78, 5) is 32.4. The fourth-order valence-electron chi connectivity index (χ4n) is 4.69. The van der Waals surface area contributed by atoms with Crippen molar-refractivity contribution in [1.29, 1.82) is 0 Å². The third-order valence-electron chi connectivity index (χ3n) is 6.84. The maximum atomic E-state index is 13.2. The molecule has 2 fully saturated rings. The zero-order chi connectivity index (χ0) is 26.0. The monoisotopic (exact) mass is 546 g/mol. The number of methoxy groups -OCH3 is 1. The quantitative estimate of drug-likeness (QED) is 0.538. The molecule has 0 aliphatic carbocycles. The van der Waals surface area contributed by atoms with E-state index in [1.807, 2.05) is 24.3 Å². The van der Waals surface area contributed by atoms with E-state index in [9.17, 15) is 18.0 Å². The molecule has 2 aromatic rings. The molecule has 0 bridgehead atoms. The summed E-state index contributed by atoms with van der Waals surface area (Å²) in [7, 11) is -2.09. The molecule has 3 heterocycles. The lowest BCUT2D eigenvalue weighted by molar-refractivity contribution is -0.131. The number of thioether (sulfide) groups is 1. The molecule has 2 amide bonds. The van der Waals surface area contributed by atoms with Crippen molar-refractivity contribution >= 4 is 45.0 Å². The summed E-state index contributed by atoms with van der Waals surface area (Å²) in [6.07, 6.45) is 0. The first-order valence-electron chi connectivity index (χ1n) is 12.2. The van der Waals surface area contributed by atoms with E-state index in [-0.39, 0.29) is 42.1 Å². The third kappa shape index (κ3) is 5.42. The predicted molar refractivity (Wildman–Crippen MR) is 141 cm³/mol. The van der Waals surface area contributed by atoms with E-state index in [0.29, 0.717) is 45.1 Å². The van der Waals surface area contributed by atoms with Gasteiger partial charge < -0.3 is 24.2 Å². The standard InChI is InChI=1S/C25H30N4O6S2/c1-34-20-4-2-19(3-5-20)26-8-10-27(11-9-26)24(30)17-29-22-16-21(6-7-23(22)36-18-25(29)31)37(32,33)28-12-14-35-15-13-28/h2-7,16H,8-15,17-18H2,1H3. The minimum atomic E-state index is -3.72. The van der Waals surface area contributed by atoms with E-state index in [0.717, 1.165) is 16.3 Å². The second-order valence-corrected chi connectivity index (χ2v) is 11.9. The molecule has 0 unspecified atom stereocenters. The van der Waals surface area contributed by atoms with Crippen molar-refractivity contribution in [3.05, 3.63) is 42.5 Å². The molecule has 0 N–H and O–H groups in total. The zero-order valence-corrected chi connectivity index (χ0v) is 22.3. The Bertz CT molecular complexity index is 1260. The molecule has 2 saturated heterocycles. The molecular weight excluding hydrogens is 516 g/mol. The van der Waals surface area contributed by atoms with Gasteiger partial charge in [-0.2, -0.15) is 4.31 Å². The molecule has 37 heavy (non-hydrogen) atoms. The Labute approximate surface area is 221 Å². The van der Waals surface area contributed by atoms with Crippen molar-refractivity contribution in [3.63, 3.8) is 0 Å². The number of carbonyl (C=O) groups is 2. The zero-order valence-electron chi connectivity index (χ0n) is 20.7. The molecule has 0 spiro atoms. The van der Waals surface area contributed by atoms with Crippen molar-refractivity contribution < 1.29 is 27.5 Å². The van der Waals surface area contributed by atoms with Crippen molar-refractivity contribution in [3.8, 4) is 5.75 Å². The summed E-state index contributed by atoms with van der Waals surface area (Å²) in [6, 6.07) is 12.7. The number of hydrogen-bond acceptors (Lipinski definition) is 8. The Hall–Kier alpha value is -2.80. The van der Waals surface area contributed by atoms with Crippen molar-refractivity contribution in [2.75, 3.05) is 81.7 Å². The molecule has 3 aliphatic rings. The molecule has 3 aliphatic heterocycles. The van der Waals surface area contributed by atoms with Crippen LogP contribution in [-0.4, -0.2) is 101 Å². The highest BCUT2D eigenvalue weighted by atomic mass is 32.2. The number of carbonyl (C=O) groups excluding carboxylic acids is 2. The van der Waals surface area contributed by atoms with Crippen LogP contribution in [0, 0.1) is 0 Å². The lowest BCUT2D eigenvalue weighted by atomic mass is 10.2. The van der Waals surface area contributed by atoms with Gasteiger partial charge in [0.05, 0.1) is 36.7 Å². The van der Waals surface area contributed by atoms with E-state index in [1.54, 1.807) is 24.1 Å². The number of hydrogen-bond donors (Lipinski definition) is 0. The first kappa shape index (κ1) is 25.8. The Morgan fingerprint density at radius 1 is 1.00 bits per heavy atom. The second-order valence-electron chi connectivity index (χ2n) is 8.98. The maximum absolute atomic E-state index is 13.2. The minimum absolute atomic E-state index is 0.115. The van der Waals surface area contributed by atoms with Crippen LogP contribution in [0.25, 0.3) is 0 Å². The topological polar surface area (TPSA) is 99.7 Å². The highest BCUT2D eigenvalue weighted by Crippen LogP contribution is 2.37. The van der Waals surface area contributed by atoms with Crippen LogP contribution in [0.3, 0.4) is 0 Å². The van der Waals surface area contributed by atoms with E-state index in [2.05, 4.69) is 4.90 Å². The van der Waals surface area contributed by atoms with Gasteiger partial charge in [-0.25, -0.2) is 8.42 Å². The van der Waals surface area contributed by atoms with Gasteiger partial charge in [0.15, 0.2) is 0 Å². The summed E-state index contributed by atoms with van der Waals surface area (Å²) in [5.41, 5.74) is 1.54. The molecule has 0 radical (unpaired) electrons. The summed E-state index contributed by atoms with van der Waals surface area (Å²) in [6.45, 7) is 3.61. The molecule has 0 saturated carbocycles. The molecule has 12 heteroatoms. The Morgan fingerprint density at radius 2 is 1.70 bits per heavy atom. The maximum Gasteiger partial charge on any atom is 0.243 e. The Morgan fingerprint density at radius 3 is 2.38 bits per heavy atom. The van der Waals surface area contributed by atoms with Crippen molar-refractivity contribution in [2.24, 2.45) is 0 Å². The fraction of sp³-hybridized carbons (Fsp3) is 0.440. The van der Waals surface area contributed by atoms with E-state index in [1.165, 1.54) is 27.0 Å². The normalized spacial score (nSPS) is 19.1. The number of benzene rings is 2. The first-order chi connectivity index (χ1) is 17.9. The van der Waals surface area contributed by atoms with Gasteiger partial charge in [0.2, 0.25) is 21.8 Å². The number of nitrogens with zero attached hydrogens (tertiary/aromatic N) is 4. The predicted octanol–water partition coefficient (Wildman–Crippen LogP) is 1.50. The van der Waals surface area contributed by atoms with Crippen molar-refractivity contribution in [1.82, 2.24) is 9.21 Å². The van der Waals surface area contributed by atoms with Crippen LogP contribution in [0.2, 0.25) is 0 Å². The van der Waals surface area contributed by atoms with E-state index < -0.39 is 10.0 Å². The number of ether oxygens (including phenoxy) is 2. The van der Waals surface area contributed by atoms with Crippen LogP contribution in [-0.2, 0) is 24.3 Å². The van der Waals surface area contributed by atoms with Gasteiger partial charge >= 0.3 is 0 Å². The number of fused-ring (bicyclic) bond motifs is 1. The Kier molecular flexibility index (Phi) is 7.61. The van der Waals surface area contributed by atoms with Gasteiger partial charge in [0.1, 0.15) is 12.3 Å². The van der Waals surface area contributed by atoms with Crippen LogP contribution < -0.4 is 14.5 Å². The van der Waals surface area contributed by atoms with Gasteiger partial charge in [0, 0.05) is 49.9 Å². The van der Waals surface area contributed by atoms with Crippen LogP contribution in [0.5, 0.6) is 5.75 Å². The number of amides is 2. The van der Waals surface area contributed by atoms with Gasteiger partial charge in [-0.15, -0.1) is 11.8 Å². The first-order valence-corrected chi connectivity index (χ1v) is 14.6. The Balaban J connectivity index is 1.28. The smallest absolute Gasteiger partial charge is 0.243 e. The van der Waals surface area contributed by atoms with Crippen LogP contribution >= 0.6 is 11.8 Å². The summed E-state index contributed by atoms with van der Waals surface area (Å²) < 4.78 is 38.3. The molecule has 5 rings (SSSR count). The highest BCUT2D eigenvalue weighted by Gasteiger charge is 2.32. The second kappa shape index (κ2) is 10.9. The lowest BCUT2D eigenvalue weighted by Gasteiger charge is -2.37. The average Bonchev–Trinajstić information content (AvgIpc) is 2.95. The summed E-state index contributed by atoms with van der Waals surface area (Å²) >= 11 is 1.36. The molecule has 10 nitrogen and oxygen atoms in total. The highest BCUT2D eigenvalue weighted by molar-refractivity contribution is 8.00. The van der Waals surface area contributed by atoms with Crippen molar-refractivity contribution in [2.45, 2.75) is 9.79 Å². The van der Waals surface area contributed by atoms with E-state index in [4.69, 9.17) is 9.47 Å². The van der Waals surface area contributed by atoms with E-state index >= 15 is 0 Å². The number of rotatable bonds is 6. The summed E-state index contributed by atoms with van der Waals surface area (Å²) in [5, 5.41) is 0. The number of anilines is 2. The molecule has 0 aromatic heterocycles. The van der Waals surface area contributed by atoms with Gasteiger partial charge in [0.25, 0.3) is 0 Å². The number of morpholine rings is 1. The van der Waals surface area contributed by atoms with Crippen LogP contribution in [0.15, 0.2) is 52.3 Å². The minimum Gasteiger partial charge on any atom is -0.497 e. The number of sulfonamides is 1. The van der Waals surface area contributed by atoms with Gasteiger partial charge in [-0.1, -0.05) is 0 Å². The number of piperazine rings is 1. The summed E-state index contributed by atoms with van der Waals surface area (Å²) in [5.74, 6) is 0.648. The SMILES string of the molecule is COc1ccc(N2CCN(C(=O)CN3C(=O)CSc4ccc(S(=O)(=O)N5CCOCC5)cc43)CC2)cc1. The largest absolute Gasteiger partial charge is 0.497 e. The molecule has 198 valence electrons. The molecule has 2 aromatic carbocycles. The third-order valence-corrected chi connectivity index (χ3v) is 9.79. The lowest BCUT2D eigenvalue weighted by Crippen LogP contribution is -2.52. The van der Waals surface area contributed by atoms with Gasteiger partial charge in [-0.05, 0) is 42.5 Å². The van der Waals surface area contributed by atoms with Crippen LogP contribution in [0.4, 0.5) is 11.4 Å². The molecular formula is C25H30N4O6S2. The average molecular weight is 547 g/mol. The van der Waals surface area contributed by atoms with Gasteiger partial charge in [-0.3, -0.25) is 9.59 Å². The van der Waals surface area contributed by atoms with Crippen LogP contribution in [0.1, 0.15) is 0 Å². The molecule has 0 atom stereocenters.